The van der Waals surface area contributed by atoms with Crippen LogP contribution in [0.5, 0.6) is 0 Å². The van der Waals surface area contributed by atoms with E-state index in [1.807, 2.05) is 19.3 Å². The van der Waals surface area contributed by atoms with E-state index in [4.69, 9.17) is 4.74 Å². The van der Waals surface area contributed by atoms with Gasteiger partial charge in [-0.2, -0.15) is 5.10 Å². The molecule has 0 spiro atoms. The van der Waals surface area contributed by atoms with Gasteiger partial charge in [-0.15, -0.1) is 0 Å². The zero-order valence-electron chi connectivity index (χ0n) is 11.3. The lowest BCUT2D eigenvalue weighted by Gasteiger charge is -2.14. The molecule has 0 amide bonds. The normalized spacial score (nSPS) is 14.8. The lowest BCUT2D eigenvalue weighted by Crippen LogP contribution is -2.24. The maximum Gasteiger partial charge on any atom is 0.276 e. The molecule has 0 bridgehead atoms. The smallest absolute Gasteiger partial charge is 0.276 e. The Hall–Kier alpha value is -1.62. The Morgan fingerprint density at radius 3 is 3.11 bits per heavy atom. The first kappa shape index (κ1) is 12.4. The van der Waals surface area contributed by atoms with E-state index >= 15 is 0 Å². The van der Waals surface area contributed by atoms with Crippen LogP contribution in [0, 0.1) is 0 Å². The van der Waals surface area contributed by atoms with Crippen molar-refractivity contribution in [2.75, 3.05) is 13.2 Å². The van der Waals surface area contributed by atoms with Gasteiger partial charge < -0.3 is 9.30 Å². The summed E-state index contributed by atoms with van der Waals surface area (Å²) < 4.78 is 9.00. The summed E-state index contributed by atoms with van der Waals surface area (Å²) in [6.07, 6.45) is 7.27. The van der Waals surface area contributed by atoms with Gasteiger partial charge in [-0.3, -0.25) is 4.79 Å². The van der Waals surface area contributed by atoms with Crippen LogP contribution < -0.4 is 5.56 Å². The van der Waals surface area contributed by atoms with Gasteiger partial charge in [0.25, 0.3) is 5.56 Å². The monoisotopic (exact) mass is 261 g/mol. The molecule has 5 nitrogen and oxygen atoms in total. The SMILES string of the molecule is CCOCCn1ncc2c3n(cc2c1=O)CCCC3. The largest absolute Gasteiger partial charge is 0.380 e. The van der Waals surface area contributed by atoms with Gasteiger partial charge in [0.1, 0.15) is 0 Å². The average Bonchev–Trinajstić information content (AvgIpc) is 2.81. The molecule has 0 N–H and O–H groups in total. The number of aromatic nitrogens is 3. The Balaban J connectivity index is 2.00. The molecule has 2 aromatic heterocycles. The number of hydrogen-bond acceptors (Lipinski definition) is 3. The van der Waals surface area contributed by atoms with E-state index in [1.54, 1.807) is 0 Å². The fourth-order valence-electron chi connectivity index (χ4n) is 2.75. The fraction of sp³-hybridized carbons (Fsp3) is 0.571. The molecule has 0 aliphatic carbocycles. The van der Waals surface area contributed by atoms with Gasteiger partial charge in [-0.05, 0) is 26.2 Å². The van der Waals surface area contributed by atoms with Crippen molar-refractivity contribution >= 4 is 10.8 Å². The van der Waals surface area contributed by atoms with Gasteiger partial charge in [0, 0.05) is 30.4 Å². The van der Waals surface area contributed by atoms with E-state index in [1.165, 1.54) is 23.2 Å². The lowest BCUT2D eigenvalue weighted by atomic mass is 10.1. The van der Waals surface area contributed by atoms with Crippen LogP contribution in [0.3, 0.4) is 0 Å². The van der Waals surface area contributed by atoms with Gasteiger partial charge in [0.15, 0.2) is 0 Å². The molecule has 19 heavy (non-hydrogen) atoms. The number of aryl methyl sites for hydroxylation is 2. The number of fused-ring (bicyclic) bond motifs is 3. The third kappa shape index (κ3) is 2.18. The van der Waals surface area contributed by atoms with Crippen molar-refractivity contribution in [1.82, 2.24) is 14.3 Å². The summed E-state index contributed by atoms with van der Waals surface area (Å²) in [6.45, 7) is 4.67. The van der Waals surface area contributed by atoms with Crippen LogP contribution in [0.1, 0.15) is 25.5 Å². The second-order valence-corrected chi connectivity index (χ2v) is 4.92. The van der Waals surface area contributed by atoms with Crippen LogP contribution in [-0.4, -0.2) is 27.6 Å². The minimum absolute atomic E-state index is 0.000830. The Labute approximate surface area is 111 Å². The van der Waals surface area contributed by atoms with E-state index in [0.29, 0.717) is 19.8 Å². The molecule has 1 aliphatic rings. The average molecular weight is 261 g/mol. The van der Waals surface area contributed by atoms with Crippen molar-refractivity contribution in [3.8, 4) is 0 Å². The van der Waals surface area contributed by atoms with Crippen LogP contribution in [0.15, 0.2) is 17.2 Å². The summed E-state index contributed by atoms with van der Waals surface area (Å²) in [7, 11) is 0. The third-order valence-electron chi connectivity index (χ3n) is 3.74. The molecule has 0 aromatic carbocycles. The Kier molecular flexibility index (Phi) is 3.38. The zero-order chi connectivity index (χ0) is 13.2. The summed E-state index contributed by atoms with van der Waals surface area (Å²) >= 11 is 0. The molecule has 5 heteroatoms. The van der Waals surface area contributed by atoms with Crippen LogP contribution in [-0.2, 0) is 24.2 Å². The molecule has 0 fully saturated rings. The highest BCUT2D eigenvalue weighted by atomic mass is 16.5. The van der Waals surface area contributed by atoms with E-state index in [-0.39, 0.29) is 5.56 Å². The number of ether oxygens (including phenoxy) is 1. The quantitative estimate of drug-likeness (QED) is 0.785. The van der Waals surface area contributed by atoms with E-state index < -0.39 is 0 Å². The highest BCUT2D eigenvalue weighted by molar-refractivity contribution is 5.84. The predicted octanol–water partition coefficient (Wildman–Crippen LogP) is 1.57. The second-order valence-electron chi connectivity index (χ2n) is 4.92. The van der Waals surface area contributed by atoms with Crippen LogP contribution in [0.25, 0.3) is 10.8 Å². The van der Waals surface area contributed by atoms with Gasteiger partial charge in [0.05, 0.1) is 24.7 Å². The van der Waals surface area contributed by atoms with Crippen LogP contribution in [0.4, 0.5) is 0 Å². The Bertz CT molecular complexity index is 642. The number of hydrogen-bond donors (Lipinski definition) is 0. The first-order valence-corrected chi connectivity index (χ1v) is 6.97. The molecular formula is C14H19N3O2. The molecule has 0 saturated carbocycles. The number of rotatable bonds is 4. The third-order valence-corrected chi connectivity index (χ3v) is 3.74. The minimum atomic E-state index is -0.000830. The van der Waals surface area contributed by atoms with Crippen molar-refractivity contribution < 1.29 is 4.74 Å². The molecule has 0 saturated heterocycles. The molecule has 0 atom stereocenters. The molecule has 1 aliphatic heterocycles. The first-order chi connectivity index (χ1) is 9.31. The Morgan fingerprint density at radius 1 is 1.37 bits per heavy atom. The van der Waals surface area contributed by atoms with Crippen LogP contribution in [0.2, 0.25) is 0 Å². The van der Waals surface area contributed by atoms with Crippen LogP contribution >= 0.6 is 0 Å². The van der Waals surface area contributed by atoms with Gasteiger partial charge in [-0.25, -0.2) is 4.68 Å². The summed E-state index contributed by atoms with van der Waals surface area (Å²) in [5.74, 6) is 0. The summed E-state index contributed by atoms with van der Waals surface area (Å²) in [6, 6.07) is 0. The first-order valence-electron chi connectivity index (χ1n) is 6.97. The Morgan fingerprint density at radius 2 is 2.26 bits per heavy atom. The van der Waals surface area contributed by atoms with Crippen molar-refractivity contribution in [2.24, 2.45) is 0 Å². The van der Waals surface area contributed by atoms with E-state index in [0.717, 1.165) is 23.7 Å². The maximum absolute atomic E-state index is 12.4. The van der Waals surface area contributed by atoms with E-state index in [2.05, 4.69) is 9.67 Å². The summed E-state index contributed by atoms with van der Waals surface area (Å²) in [5, 5.41) is 6.09. The lowest BCUT2D eigenvalue weighted by molar-refractivity contribution is 0.135. The molecule has 0 unspecified atom stereocenters. The molecule has 0 radical (unpaired) electrons. The minimum Gasteiger partial charge on any atom is -0.380 e. The van der Waals surface area contributed by atoms with Gasteiger partial charge >= 0.3 is 0 Å². The van der Waals surface area contributed by atoms with Crippen molar-refractivity contribution in [2.45, 2.75) is 39.3 Å². The highest BCUT2D eigenvalue weighted by Gasteiger charge is 2.16. The van der Waals surface area contributed by atoms with Crippen molar-refractivity contribution in [1.29, 1.82) is 0 Å². The van der Waals surface area contributed by atoms with Crippen molar-refractivity contribution in [3.63, 3.8) is 0 Å². The second kappa shape index (κ2) is 5.17. The standard InChI is InChI=1S/C14H19N3O2/c1-2-19-8-7-17-14(18)12-10-16-6-4-3-5-13(16)11(12)9-15-17/h9-10H,2-8H2,1H3. The zero-order valence-corrected chi connectivity index (χ0v) is 11.3. The highest BCUT2D eigenvalue weighted by Crippen LogP contribution is 2.23. The molecule has 3 rings (SSSR count). The molecule has 102 valence electrons. The van der Waals surface area contributed by atoms with Gasteiger partial charge in [-0.1, -0.05) is 0 Å². The topological polar surface area (TPSA) is 49.0 Å². The van der Waals surface area contributed by atoms with Crippen molar-refractivity contribution in [3.05, 3.63) is 28.4 Å². The fourth-order valence-corrected chi connectivity index (χ4v) is 2.75. The van der Waals surface area contributed by atoms with Gasteiger partial charge in [0.2, 0.25) is 0 Å². The molecule has 3 heterocycles. The summed E-state index contributed by atoms with van der Waals surface area (Å²) in [5.41, 5.74) is 1.27. The maximum atomic E-state index is 12.4. The number of nitrogens with zero attached hydrogens (tertiary/aromatic N) is 3. The summed E-state index contributed by atoms with van der Waals surface area (Å²) in [4.78, 5) is 12.4. The molecular weight excluding hydrogens is 242 g/mol. The van der Waals surface area contributed by atoms with E-state index in [9.17, 15) is 4.79 Å². The molecule has 2 aromatic rings. The predicted molar refractivity (Wildman–Crippen MR) is 73.4 cm³/mol.